The van der Waals surface area contributed by atoms with E-state index in [-0.39, 0.29) is 6.04 Å². The van der Waals surface area contributed by atoms with Gasteiger partial charge in [0.15, 0.2) is 0 Å². The van der Waals surface area contributed by atoms with Crippen LogP contribution in [0.3, 0.4) is 0 Å². The molecule has 2 aromatic rings. The molecule has 0 aromatic heterocycles. The van der Waals surface area contributed by atoms with Gasteiger partial charge in [-0.15, -0.1) is 0 Å². The normalized spacial score (nSPS) is 21.3. The van der Waals surface area contributed by atoms with Gasteiger partial charge >= 0.3 is 0 Å². The van der Waals surface area contributed by atoms with Gasteiger partial charge in [0, 0.05) is 6.04 Å². The van der Waals surface area contributed by atoms with E-state index in [4.69, 9.17) is 0 Å². The molecule has 0 radical (unpaired) electrons. The Hall–Kier alpha value is -1.38. The van der Waals surface area contributed by atoms with Gasteiger partial charge in [0.2, 0.25) is 0 Å². The van der Waals surface area contributed by atoms with Crippen LogP contribution in [0.4, 0.5) is 0 Å². The Labute approximate surface area is 108 Å². The highest BCUT2D eigenvalue weighted by Gasteiger charge is 2.25. The Bertz CT molecular complexity index is 558. The van der Waals surface area contributed by atoms with E-state index < -0.39 is 6.10 Å². The Morgan fingerprint density at radius 3 is 2.67 bits per heavy atom. The fourth-order valence-corrected chi connectivity index (χ4v) is 2.93. The molecule has 1 saturated heterocycles. The van der Waals surface area contributed by atoms with Crippen LogP contribution in [-0.2, 0) is 0 Å². The highest BCUT2D eigenvalue weighted by Crippen LogP contribution is 2.30. The smallest absolute Gasteiger partial charge is 0.0948 e. The van der Waals surface area contributed by atoms with Gasteiger partial charge in [-0.25, -0.2) is 0 Å². The molecule has 18 heavy (non-hydrogen) atoms. The molecule has 1 fully saturated rings. The molecule has 0 saturated carbocycles. The third-order valence-corrected chi connectivity index (χ3v) is 3.97. The summed E-state index contributed by atoms with van der Waals surface area (Å²) in [6.07, 6.45) is 1.81. The maximum absolute atomic E-state index is 10.5. The average molecular weight is 241 g/mol. The quantitative estimate of drug-likeness (QED) is 0.847. The summed E-state index contributed by atoms with van der Waals surface area (Å²) < 4.78 is 0. The lowest BCUT2D eigenvalue weighted by Gasteiger charge is -2.21. The van der Waals surface area contributed by atoms with E-state index in [0.717, 1.165) is 24.9 Å². The van der Waals surface area contributed by atoms with Gasteiger partial charge in [-0.05, 0) is 48.2 Å². The minimum Gasteiger partial charge on any atom is -0.387 e. The van der Waals surface area contributed by atoms with Crippen LogP contribution < -0.4 is 5.32 Å². The van der Waals surface area contributed by atoms with Gasteiger partial charge in [0.25, 0.3) is 0 Å². The van der Waals surface area contributed by atoms with Gasteiger partial charge in [0.05, 0.1) is 6.10 Å². The van der Waals surface area contributed by atoms with E-state index in [2.05, 4.69) is 42.6 Å². The lowest BCUT2D eigenvalue weighted by Crippen LogP contribution is -2.28. The Morgan fingerprint density at radius 1 is 1.17 bits per heavy atom. The van der Waals surface area contributed by atoms with E-state index in [1.165, 1.54) is 16.3 Å². The molecule has 0 spiro atoms. The molecule has 1 heterocycles. The Morgan fingerprint density at radius 2 is 1.94 bits per heavy atom. The molecule has 1 aliphatic rings. The van der Waals surface area contributed by atoms with Crippen LogP contribution in [0.2, 0.25) is 0 Å². The molecule has 2 heteroatoms. The standard InChI is InChI=1S/C16H19NO/c1-11-8-9-14(13-6-3-2-5-12(11)13)16(18)15-7-4-10-17-15/h2-3,5-6,8-9,15-18H,4,7,10H2,1H3. The number of rotatable bonds is 2. The molecule has 2 atom stereocenters. The number of aryl methyl sites for hydroxylation is 1. The van der Waals surface area contributed by atoms with Gasteiger partial charge < -0.3 is 10.4 Å². The van der Waals surface area contributed by atoms with Crippen molar-refractivity contribution in [1.29, 1.82) is 0 Å². The summed E-state index contributed by atoms with van der Waals surface area (Å²) in [6.45, 7) is 3.14. The predicted molar refractivity (Wildman–Crippen MR) is 74.7 cm³/mol. The highest BCUT2D eigenvalue weighted by atomic mass is 16.3. The minimum atomic E-state index is -0.405. The molecular weight excluding hydrogens is 222 g/mol. The molecule has 1 aliphatic heterocycles. The van der Waals surface area contributed by atoms with Crippen LogP contribution in [-0.4, -0.2) is 17.7 Å². The average Bonchev–Trinajstić information content (AvgIpc) is 2.93. The number of aliphatic hydroxyl groups is 1. The molecule has 0 amide bonds. The zero-order valence-corrected chi connectivity index (χ0v) is 10.7. The minimum absolute atomic E-state index is 0.205. The van der Waals surface area contributed by atoms with Crippen LogP contribution in [0.5, 0.6) is 0 Å². The van der Waals surface area contributed by atoms with Crippen LogP contribution in [0, 0.1) is 6.92 Å². The fraction of sp³-hybridized carbons (Fsp3) is 0.375. The number of nitrogens with one attached hydrogen (secondary N) is 1. The van der Waals surface area contributed by atoms with Gasteiger partial charge in [0.1, 0.15) is 0 Å². The Balaban J connectivity index is 2.08. The second kappa shape index (κ2) is 4.71. The van der Waals surface area contributed by atoms with E-state index in [1.54, 1.807) is 0 Å². The second-order valence-electron chi connectivity index (χ2n) is 5.16. The molecule has 2 N–H and O–H groups in total. The van der Waals surface area contributed by atoms with Crippen molar-refractivity contribution >= 4 is 10.8 Å². The first-order valence-corrected chi connectivity index (χ1v) is 6.67. The second-order valence-corrected chi connectivity index (χ2v) is 5.16. The first-order chi connectivity index (χ1) is 8.77. The number of hydrogen-bond donors (Lipinski definition) is 2. The van der Waals surface area contributed by atoms with Crippen molar-refractivity contribution in [3.05, 3.63) is 47.5 Å². The van der Waals surface area contributed by atoms with E-state index >= 15 is 0 Å². The lowest BCUT2D eigenvalue weighted by atomic mass is 9.93. The molecule has 0 bridgehead atoms. The third-order valence-electron chi connectivity index (χ3n) is 3.97. The van der Waals surface area contributed by atoms with Crippen LogP contribution >= 0.6 is 0 Å². The summed E-state index contributed by atoms with van der Waals surface area (Å²) in [5, 5.41) is 16.4. The maximum atomic E-state index is 10.5. The molecular formula is C16H19NO. The predicted octanol–water partition coefficient (Wildman–Crippen LogP) is 2.93. The summed E-state index contributed by atoms with van der Waals surface area (Å²) in [7, 11) is 0. The lowest BCUT2D eigenvalue weighted by molar-refractivity contribution is 0.139. The molecule has 2 aromatic carbocycles. The summed E-state index contributed by atoms with van der Waals surface area (Å²) in [6, 6.07) is 12.7. The van der Waals surface area contributed by atoms with Crippen LogP contribution in [0.1, 0.15) is 30.1 Å². The Kier molecular flexibility index (Phi) is 3.06. The van der Waals surface area contributed by atoms with Crippen molar-refractivity contribution in [2.75, 3.05) is 6.54 Å². The van der Waals surface area contributed by atoms with Crippen molar-refractivity contribution in [2.45, 2.75) is 31.9 Å². The van der Waals surface area contributed by atoms with Gasteiger partial charge in [-0.2, -0.15) is 0 Å². The maximum Gasteiger partial charge on any atom is 0.0948 e. The topological polar surface area (TPSA) is 32.3 Å². The largest absolute Gasteiger partial charge is 0.387 e. The first kappa shape index (κ1) is 11.7. The van der Waals surface area contributed by atoms with E-state index in [1.807, 2.05) is 6.07 Å². The molecule has 94 valence electrons. The van der Waals surface area contributed by atoms with Crippen molar-refractivity contribution < 1.29 is 5.11 Å². The number of benzene rings is 2. The summed E-state index contributed by atoms with van der Waals surface area (Å²) in [5.74, 6) is 0. The zero-order chi connectivity index (χ0) is 12.5. The zero-order valence-electron chi connectivity index (χ0n) is 10.7. The number of aliphatic hydroxyl groups excluding tert-OH is 1. The van der Waals surface area contributed by atoms with E-state index in [0.29, 0.717) is 0 Å². The number of hydrogen-bond acceptors (Lipinski definition) is 2. The first-order valence-electron chi connectivity index (χ1n) is 6.67. The van der Waals surface area contributed by atoms with Crippen molar-refractivity contribution in [1.82, 2.24) is 5.32 Å². The molecule has 0 aliphatic carbocycles. The van der Waals surface area contributed by atoms with Crippen LogP contribution in [0.15, 0.2) is 36.4 Å². The molecule has 2 nitrogen and oxygen atoms in total. The van der Waals surface area contributed by atoms with Crippen LogP contribution in [0.25, 0.3) is 10.8 Å². The third kappa shape index (κ3) is 1.92. The summed E-state index contributed by atoms with van der Waals surface area (Å²) in [4.78, 5) is 0. The monoisotopic (exact) mass is 241 g/mol. The summed E-state index contributed by atoms with van der Waals surface area (Å²) in [5.41, 5.74) is 2.32. The van der Waals surface area contributed by atoms with Crippen molar-refractivity contribution in [3.8, 4) is 0 Å². The van der Waals surface area contributed by atoms with Gasteiger partial charge in [-0.1, -0.05) is 36.4 Å². The van der Waals surface area contributed by atoms with Crippen molar-refractivity contribution in [3.63, 3.8) is 0 Å². The molecule has 2 unspecified atom stereocenters. The van der Waals surface area contributed by atoms with Crippen molar-refractivity contribution in [2.24, 2.45) is 0 Å². The number of fused-ring (bicyclic) bond motifs is 1. The highest BCUT2D eigenvalue weighted by molar-refractivity contribution is 5.88. The van der Waals surface area contributed by atoms with Gasteiger partial charge in [-0.3, -0.25) is 0 Å². The summed E-state index contributed by atoms with van der Waals surface area (Å²) >= 11 is 0. The van der Waals surface area contributed by atoms with E-state index in [9.17, 15) is 5.11 Å². The fourth-order valence-electron chi connectivity index (χ4n) is 2.93. The molecule has 3 rings (SSSR count). The SMILES string of the molecule is Cc1ccc(C(O)C2CCCN2)c2ccccc12.